The predicted octanol–water partition coefficient (Wildman–Crippen LogP) is 2.44. The van der Waals surface area contributed by atoms with Crippen LogP contribution in [0.4, 0.5) is 0 Å². The van der Waals surface area contributed by atoms with Gasteiger partial charge in [-0.05, 0) is 31.5 Å². The molecular weight excluding hydrogens is 234 g/mol. The molecule has 1 aromatic heterocycles. The number of nitrogens with zero attached hydrogens (tertiary/aromatic N) is 2. The van der Waals surface area contributed by atoms with Crippen molar-refractivity contribution in [2.75, 3.05) is 13.1 Å². The summed E-state index contributed by atoms with van der Waals surface area (Å²) in [5.41, 5.74) is 0.866. The van der Waals surface area contributed by atoms with Gasteiger partial charge in [-0.3, -0.25) is 0 Å². The molecule has 0 amide bonds. The van der Waals surface area contributed by atoms with Crippen LogP contribution >= 0.6 is 11.6 Å². The van der Waals surface area contributed by atoms with Crippen molar-refractivity contribution >= 4 is 22.5 Å². The summed E-state index contributed by atoms with van der Waals surface area (Å²) in [5.74, 6) is 1.56. The van der Waals surface area contributed by atoms with E-state index in [0.717, 1.165) is 36.2 Å². The molecule has 1 aliphatic heterocycles. The fraction of sp³-hybridized carbons (Fsp3) is 0.385. The highest BCUT2D eigenvalue weighted by atomic mass is 35.5. The van der Waals surface area contributed by atoms with Crippen molar-refractivity contribution in [3.05, 3.63) is 35.2 Å². The Morgan fingerprint density at radius 3 is 3.18 bits per heavy atom. The maximum atomic E-state index is 6.14. The van der Waals surface area contributed by atoms with E-state index in [1.165, 1.54) is 6.42 Å². The lowest BCUT2D eigenvalue weighted by molar-refractivity contribution is 0.563. The van der Waals surface area contributed by atoms with E-state index in [4.69, 9.17) is 11.6 Å². The third kappa shape index (κ3) is 2.26. The quantitative estimate of drug-likeness (QED) is 0.886. The van der Waals surface area contributed by atoms with E-state index in [9.17, 15) is 0 Å². The van der Waals surface area contributed by atoms with Gasteiger partial charge in [-0.1, -0.05) is 23.7 Å². The first kappa shape index (κ1) is 10.9. The van der Waals surface area contributed by atoms with Crippen LogP contribution in [0.3, 0.4) is 0 Å². The highest BCUT2D eigenvalue weighted by molar-refractivity contribution is 6.34. The van der Waals surface area contributed by atoms with Gasteiger partial charge in [0, 0.05) is 18.0 Å². The van der Waals surface area contributed by atoms with Crippen molar-refractivity contribution in [3.63, 3.8) is 0 Å². The third-order valence-electron chi connectivity index (χ3n) is 3.25. The minimum Gasteiger partial charge on any atom is -0.316 e. The summed E-state index contributed by atoms with van der Waals surface area (Å²) >= 11 is 6.14. The molecule has 1 unspecified atom stereocenters. The number of hydrogen-bond acceptors (Lipinski definition) is 3. The van der Waals surface area contributed by atoms with Gasteiger partial charge < -0.3 is 5.32 Å². The molecule has 2 heterocycles. The maximum Gasteiger partial charge on any atom is 0.129 e. The lowest BCUT2D eigenvalue weighted by atomic mass is 10.0. The van der Waals surface area contributed by atoms with Crippen LogP contribution in [0.15, 0.2) is 24.4 Å². The SMILES string of the molecule is Clc1cccc2cnc(CC3CCNC3)nc12. The minimum atomic E-state index is 0.662. The lowest BCUT2D eigenvalue weighted by Crippen LogP contribution is -2.12. The number of hydrogen-bond donors (Lipinski definition) is 1. The second-order valence-electron chi connectivity index (χ2n) is 4.53. The second-order valence-corrected chi connectivity index (χ2v) is 4.93. The first-order valence-electron chi connectivity index (χ1n) is 5.94. The van der Waals surface area contributed by atoms with Crippen LogP contribution in [-0.2, 0) is 6.42 Å². The van der Waals surface area contributed by atoms with Crippen molar-refractivity contribution in [2.45, 2.75) is 12.8 Å². The monoisotopic (exact) mass is 247 g/mol. The molecule has 1 atom stereocenters. The average molecular weight is 248 g/mol. The van der Waals surface area contributed by atoms with Gasteiger partial charge in [-0.2, -0.15) is 0 Å². The van der Waals surface area contributed by atoms with Crippen LogP contribution in [0.5, 0.6) is 0 Å². The van der Waals surface area contributed by atoms with E-state index in [0.29, 0.717) is 10.9 Å². The Labute approximate surface area is 105 Å². The Hall–Kier alpha value is -1.19. The molecule has 3 rings (SSSR count). The first-order chi connectivity index (χ1) is 8.33. The number of nitrogens with one attached hydrogen (secondary N) is 1. The first-order valence-corrected chi connectivity index (χ1v) is 6.31. The standard InChI is InChI=1S/C13H14ClN3/c14-11-3-1-2-10-8-16-12(17-13(10)11)6-9-4-5-15-7-9/h1-3,8-9,15H,4-7H2. The fourth-order valence-corrected chi connectivity index (χ4v) is 2.53. The highest BCUT2D eigenvalue weighted by Gasteiger charge is 2.16. The molecule has 0 spiro atoms. The molecule has 1 N–H and O–H groups in total. The molecule has 1 fully saturated rings. The zero-order chi connectivity index (χ0) is 11.7. The molecule has 0 saturated carbocycles. The van der Waals surface area contributed by atoms with Gasteiger partial charge in [0.15, 0.2) is 0 Å². The Bertz CT molecular complexity index is 535. The number of rotatable bonds is 2. The number of halogens is 1. The van der Waals surface area contributed by atoms with Gasteiger partial charge in [-0.25, -0.2) is 9.97 Å². The van der Waals surface area contributed by atoms with E-state index < -0.39 is 0 Å². The Kier molecular flexibility index (Phi) is 2.95. The average Bonchev–Trinajstić information content (AvgIpc) is 2.83. The Morgan fingerprint density at radius 2 is 2.35 bits per heavy atom. The maximum absolute atomic E-state index is 6.14. The van der Waals surface area contributed by atoms with Gasteiger partial charge in [0.2, 0.25) is 0 Å². The molecule has 4 heteroatoms. The molecule has 0 bridgehead atoms. The fourth-order valence-electron chi connectivity index (χ4n) is 2.30. The number of aromatic nitrogens is 2. The summed E-state index contributed by atoms with van der Waals surface area (Å²) in [6.07, 6.45) is 4.02. The summed E-state index contributed by atoms with van der Waals surface area (Å²) in [5, 5.41) is 5.07. The zero-order valence-corrected chi connectivity index (χ0v) is 10.2. The summed E-state index contributed by atoms with van der Waals surface area (Å²) in [4.78, 5) is 8.98. The molecular formula is C13H14ClN3. The number of para-hydroxylation sites is 1. The Balaban J connectivity index is 1.92. The van der Waals surface area contributed by atoms with Crippen molar-refractivity contribution in [3.8, 4) is 0 Å². The summed E-state index contributed by atoms with van der Waals surface area (Å²) in [7, 11) is 0. The second kappa shape index (κ2) is 4.59. The molecule has 1 saturated heterocycles. The van der Waals surface area contributed by atoms with Gasteiger partial charge in [0.1, 0.15) is 5.82 Å². The lowest BCUT2D eigenvalue weighted by Gasteiger charge is -2.07. The van der Waals surface area contributed by atoms with Gasteiger partial charge in [-0.15, -0.1) is 0 Å². The van der Waals surface area contributed by atoms with Crippen molar-refractivity contribution in [1.82, 2.24) is 15.3 Å². The topological polar surface area (TPSA) is 37.8 Å². The van der Waals surface area contributed by atoms with E-state index in [-0.39, 0.29) is 0 Å². The van der Waals surface area contributed by atoms with Crippen LogP contribution in [0.1, 0.15) is 12.2 Å². The summed E-state index contributed by atoms with van der Waals surface area (Å²) < 4.78 is 0. The minimum absolute atomic E-state index is 0.662. The van der Waals surface area contributed by atoms with E-state index in [1.54, 1.807) is 0 Å². The predicted molar refractivity (Wildman–Crippen MR) is 69.2 cm³/mol. The van der Waals surface area contributed by atoms with Crippen LogP contribution < -0.4 is 5.32 Å². The van der Waals surface area contributed by atoms with Crippen LogP contribution in [-0.4, -0.2) is 23.1 Å². The van der Waals surface area contributed by atoms with Gasteiger partial charge in [0.05, 0.1) is 10.5 Å². The van der Waals surface area contributed by atoms with Crippen LogP contribution in [0.25, 0.3) is 10.9 Å². The third-order valence-corrected chi connectivity index (χ3v) is 3.55. The van der Waals surface area contributed by atoms with E-state index in [2.05, 4.69) is 15.3 Å². The largest absolute Gasteiger partial charge is 0.316 e. The molecule has 2 aromatic rings. The molecule has 3 nitrogen and oxygen atoms in total. The molecule has 0 radical (unpaired) electrons. The molecule has 1 aromatic carbocycles. The van der Waals surface area contributed by atoms with Gasteiger partial charge >= 0.3 is 0 Å². The number of fused-ring (bicyclic) bond motifs is 1. The van der Waals surface area contributed by atoms with Crippen molar-refractivity contribution < 1.29 is 0 Å². The molecule has 88 valence electrons. The van der Waals surface area contributed by atoms with E-state index in [1.807, 2.05) is 24.4 Å². The van der Waals surface area contributed by atoms with Crippen molar-refractivity contribution in [1.29, 1.82) is 0 Å². The van der Waals surface area contributed by atoms with Crippen LogP contribution in [0.2, 0.25) is 5.02 Å². The summed E-state index contributed by atoms with van der Waals surface area (Å²) in [6.45, 7) is 2.18. The van der Waals surface area contributed by atoms with Gasteiger partial charge in [0.25, 0.3) is 0 Å². The van der Waals surface area contributed by atoms with Crippen LogP contribution in [0, 0.1) is 5.92 Å². The van der Waals surface area contributed by atoms with Crippen molar-refractivity contribution in [2.24, 2.45) is 5.92 Å². The molecule has 1 aliphatic rings. The van der Waals surface area contributed by atoms with E-state index >= 15 is 0 Å². The summed E-state index contributed by atoms with van der Waals surface area (Å²) in [6, 6.07) is 5.79. The normalized spacial score (nSPS) is 19.9. The molecule has 17 heavy (non-hydrogen) atoms. The Morgan fingerprint density at radius 1 is 1.41 bits per heavy atom. The smallest absolute Gasteiger partial charge is 0.129 e. The number of benzene rings is 1. The highest BCUT2D eigenvalue weighted by Crippen LogP contribution is 2.21. The molecule has 0 aliphatic carbocycles. The zero-order valence-electron chi connectivity index (χ0n) is 9.49.